The van der Waals surface area contributed by atoms with Crippen LogP contribution in [0.25, 0.3) is 6.08 Å². The van der Waals surface area contributed by atoms with Crippen LogP contribution in [0.15, 0.2) is 48.8 Å². The zero-order valence-electron chi connectivity index (χ0n) is 18.6. The van der Waals surface area contributed by atoms with Crippen molar-refractivity contribution in [3.05, 3.63) is 70.8 Å². The molecule has 1 aromatic carbocycles. The van der Waals surface area contributed by atoms with E-state index in [0.29, 0.717) is 41.4 Å². The quantitative estimate of drug-likeness (QED) is 0.453. The predicted molar refractivity (Wildman–Crippen MR) is 126 cm³/mol. The Morgan fingerprint density at radius 2 is 1.97 bits per heavy atom. The van der Waals surface area contributed by atoms with E-state index in [4.69, 9.17) is 21.1 Å². The summed E-state index contributed by atoms with van der Waals surface area (Å²) in [5, 5.41) is 7.82. The molecule has 0 aliphatic carbocycles. The molecule has 168 valence electrons. The van der Waals surface area contributed by atoms with Gasteiger partial charge in [0.1, 0.15) is 11.8 Å². The van der Waals surface area contributed by atoms with Crippen LogP contribution in [0, 0.1) is 12.8 Å². The Labute approximate surface area is 193 Å². The third-order valence-corrected chi connectivity index (χ3v) is 5.02. The predicted octanol–water partition coefficient (Wildman–Crippen LogP) is 5.14. The Morgan fingerprint density at radius 1 is 1.22 bits per heavy atom. The topological polar surface area (TPSA) is 78.3 Å². The molecule has 0 radical (unpaired) electrons. The summed E-state index contributed by atoms with van der Waals surface area (Å²) in [4.78, 5) is 16.5. The molecule has 1 amide bonds. The summed E-state index contributed by atoms with van der Waals surface area (Å²) in [5.74, 6) is 1.23. The monoisotopic (exact) mass is 454 g/mol. The molecule has 0 spiro atoms. The van der Waals surface area contributed by atoms with Gasteiger partial charge in [-0.2, -0.15) is 5.10 Å². The van der Waals surface area contributed by atoms with Crippen molar-refractivity contribution in [3.63, 3.8) is 0 Å². The number of nitrogens with one attached hydrogen (secondary N) is 1. The van der Waals surface area contributed by atoms with Crippen LogP contribution < -0.4 is 14.8 Å². The van der Waals surface area contributed by atoms with Gasteiger partial charge < -0.3 is 14.8 Å². The minimum absolute atomic E-state index is 0.290. The van der Waals surface area contributed by atoms with Gasteiger partial charge in [0.15, 0.2) is 11.5 Å². The highest BCUT2D eigenvalue weighted by Gasteiger charge is 2.13. The number of anilines is 1. The standard InChI is InChI=1S/C24H27ClN4O3/c1-16(2)14-29-24(25)20(17(3)28-29)6-8-23(30)27-19-5-7-21(31-4)22(13-19)32-15-18-9-11-26-12-10-18/h5-13,16H,14-15H2,1-4H3,(H,27,30)/b8-6+. The highest BCUT2D eigenvalue weighted by Crippen LogP contribution is 2.31. The summed E-state index contributed by atoms with van der Waals surface area (Å²) in [5.41, 5.74) is 3.07. The van der Waals surface area contributed by atoms with E-state index in [1.54, 1.807) is 48.5 Å². The maximum Gasteiger partial charge on any atom is 0.248 e. The van der Waals surface area contributed by atoms with Crippen LogP contribution in [-0.2, 0) is 17.9 Å². The van der Waals surface area contributed by atoms with Crippen molar-refractivity contribution in [3.8, 4) is 11.5 Å². The van der Waals surface area contributed by atoms with E-state index in [1.807, 2.05) is 19.1 Å². The molecule has 0 saturated carbocycles. The second-order valence-electron chi connectivity index (χ2n) is 7.70. The number of pyridine rings is 1. The summed E-state index contributed by atoms with van der Waals surface area (Å²) >= 11 is 6.44. The number of nitrogens with zero attached hydrogens (tertiary/aromatic N) is 3. The number of rotatable bonds is 9. The molecular formula is C24H27ClN4O3. The van der Waals surface area contributed by atoms with Gasteiger partial charge in [-0.15, -0.1) is 0 Å². The normalized spacial score (nSPS) is 11.2. The van der Waals surface area contributed by atoms with Gasteiger partial charge in [-0.25, -0.2) is 0 Å². The minimum atomic E-state index is -0.290. The molecule has 32 heavy (non-hydrogen) atoms. The summed E-state index contributed by atoms with van der Waals surface area (Å²) in [7, 11) is 1.57. The van der Waals surface area contributed by atoms with Crippen molar-refractivity contribution in [2.75, 3.05) is 12.4 Å². The minimum Gasteiger partial charge on any atom is -0.493 e. The fourth-order valence-corrected chi connectivity index (χ4v) is 3.38. The number of carbonyl (C=O) groups excluding carboxylic acids is 1. The van der Waals surface area contributed by atoms with Gasteiger partial charge in [0, 0.05) is 42.3 Å². The molecule has 0 bridgehead atoms. The van der Waals surface area contributed by atoms with Crippen molar-refractivity contribution < 1.29 is 14.3 Å². The van der Waals surface area contributed by atoms with Crippen LogP contribution in [0.4, 0.5) is 5.69 Å². The first kappa shape index (κ1) is 23.3. The molecule has 3 aromatic rings. The van der Waals surface area contributed by atoms with Crippen molar-refractivity contribution >= 4 is 29.3 Å². The van der Waals surface area contributed by atoms with Crippen LogP contribution in [0.3, 0.4) is 0 Å². The molecule has 1 N–H and O–H groups in total. The third kappa shape index (κ3) is 6.11. The number of benzene rings is 1. The molecule has 3 rings (SSSR count). The lowest BCUT2D eigenvalue weighted by atomic mass is 10.2. The first-order valence-corrected chi connectivity index (χ1v) is 10.7. The SMILES string of the molecule is COc1ccc(NC(=O)/C=C/c2c(C)nn(CC(C)C)c2Cl)cc1OCc1ccncc1. The number of aromatic nitrogens is 3. The molecule has 0 fully saturated rings. The second kappa shape index (κ2) is 10.8. The molecule has 2 aromatic heterocycles. The molecule has 0 saturated heterocycles. The average molecular weight is 455 g/mol. The summed E-state index contributed by atoms with van der Waals surface area (Å²) in [6, 6.07) is 8.98. The van der Waals surface area contributed by atoms with Crippen LogP contribution in [0.5, 0.6) is 11.5 Å². The Bertz CT molecular complexity index is 1090. The van der Waals surface area contributed by atoms with Gasteiger partial charge in [0.2, 0.25) is 5.91 Å². The first-order chi connectivity index (χ1) is 15.4. The molecule has 0 unspecified atom stereocenters. The molecule has 2 heterocycles. The largest absolute Gasteiger partial charge is 0.493 e. The van der Waals surface area contributed by atoms with E-state index < -0.39 is 0 Å². The summed E-state index contributed by atoms with van der Waals surface area (Å²) in [6.07, 6.45) is 6.54. The van der Waals surface area contributed by atoms with Crippen molar-refractivity contribution in [2.45, 2.75) is 33.9 Å². The van der Waals surface area contributed by atoms with E-state index in [-0.39, 0.29) is 5.91 Å². The molecular weight excluding hydrogens is 428 g/mol. The fraction of sp³-hybridized carbons (Fsp3) is 0.292. The van der Waals surface area contributed by atoms with Gasteiger partial charge in [0.25, 0.3) is 0 Å². The lowest BCUT2D eigenvalue weighted by molar-refractivity contribution is -0.111. The smallest absolute Gasteiger partial charge is 0.248 e. The Morgan fingerprint density at radius 3 is 2.66 bits per heavy atom. The maximum absolute atomic E-state index is 12.5. The lowest BCUT2D eigenvalue weighted by Crippen LogP contribution is -2.08. The number of carbonyl (C=O) groups is 1. The van der Waals surface area contributed by atoms with Crippen LogP contribution in [0.1, 0.15) is 30.7 Å². The van der Waals surface area contributed by atoms with Crippen molar-refractivity contribution in [1.82, 2.24) is 14.8 Å². The van der Waals surface area contributed by atoms with Crippen LogP contribution >= 0.6 is 11.6 Å². The maximum atomic E-state index is 12.5. The second-order valence-corrected chi connectivity index (χ2v) is 8.06. The van der Waals surface area contributed by atoms with Crippen LogP contribution in [0.2, 0.25) is 5.15 Å². The molecule has 0 atom stereocenters. The zero-order chi connectivity index (χ0) is 23.1. The van der Waals surface area contributed by atoms with Gasteiger partial charge in [-0.1, -0.05) is 25.4 Å². The molecule has 0 aliphatic heterocycles. The zero-order valence-corrected chi connectivity index (χ0v) is 19.4. The van der Waals surface area contributed by atoms with E-state index in [0.717, 1.165) is 16.8 Å². The van der Waals surface area contributed by atoms with E-state index in [2.05, 4.69) is 29.2 Å². The summed E-state index contributed by atoms with van der Waals surface area (Å²) in [6.45, 7) is 7.14. The number of halogens is 1. The average Bonchev–Trinajstić information content (AvgIpc) is 3.03. The van der Waals surface area contributed by atoms with E-state index in [9.17, 15) is 4.79 Å². The summed E-state index contributed by atoms with van der Waals surface area (Å²) < 4.78 is 13.0. The van der Waals surface area contributed by atoms with Crippen LogP contribution in [-0.4, -0.2) is 27.8 Å². The number of amides is 1. The van der Waals surface area contributed by atoms with Gasteiger partial charge >= 0.3 is 0 Å². The Hall–Kier alpha value is -3.32. The van der Waals surface area contributed by atoms with Gasteiger partial charge in [0.05, 0.1) is 12.8 Å². The number of aryl methyl sites for hydroxylation is 1. The first-order valence-electron chi connectivity index (χ1n) is 10.3. The van der Waals surface area contributed by atoms with Crippen molar-refractivity contribution in [2.24, 2.45) is 5.92 Å². The highest BCUT2D eigenvalue weighted by atomic mass is 35.5. The Balaban J connectivity index is 1.69. The number of methoxy groups -OCH3 is 1. The number of hydrogen-bond donors (Lipinski definition) is 1. The highest BCUT2D eigenvalue weighted by molar-refractivity contribution is 6.31. The van der Waals surface area contributed by atoms with E-state index in [1.165, 1.54) is 6.08 Å². The number of hydrogen-bond acceptors (Lipinski definition) is 5. The number of ether oxygens (including phenoxy) is 2. The van der Waals surface area contributed by atoms with Gasteiger partial charge in [-0.3, -0.25) is 14.5 Å². The fourth-order valence-electron chi connectivity index (χ4n) is 3.07. The lowest BCUT2D eigenvalue weighted by Gasteiger charge is -2.12. The van der Waals surface area contributed by atoms with Gasteiger partial charge in [-0.05, 0) is 48.7 Å². The molecule has 7 nitrogen and oxygen atoms in total. The molecule has 8 heteroatoms. The van der Waals surface area contributed by atoms with E-state index >= 15 is 0 Å². The Kier molecular flexibility index (Phi) is 7.89. The third-order valence-electron chi connectivity index (χ3n) is 4.62. The van der Waals surface area contributed by atoms with Crippen molar-refractivity contribution in [1.29, 1.82) is 0 Å². The molecule has 0 aliphatic rings.